The molecule has 0 saturated carbocycles. The summed E-state index contributed by atoms with van der Waals surface area (Å²) in [6.07, 6.45) is 0. The standard InChI is InChI=1S/C31H20N2O2/c1-3-9-22(10-4-1)33(23-11-5-2-6-12-23)24-16-17-25-26-19-21(15-18-28(26)34-30(25)20-24)31-32-27-13-7-8-14-29(27)35-31/h1-20H. The molecular formula is C31H20N2O2. The van der Waals surface area contributed by atoms with Crippen LogP contribution in [0, 0.1) is 0 Å². The Balaban J connectivity index is 1.36. The maximum Gasteiger partial charge on any atom is 0.227 e. The molecule has 0 fully saturated rings. The van der Waals surface area contributed by atoms with E-state index in [0.29, 0.717) is 5.89 Å². The number of para-hydroxylation sites is 4. The van der Waals surface area contributed by atoms with Gasteiger partial charge in [0.1, 0.15) is 16.7 Å². The van der Waals surface area contributed by atoms with Crippen LogP contribution in [0.25, 0.3) is 44.5 Å². The predicted octanol–water partition coefficient (Wildman–Crippen LogP) is 8.86. The number of nitrogens with zero attached hydrogens (tertiary/aromatic N) is 2. The lowest BCUT2D eigenvalue weighted by molar-refractivity contribution is 0.620. The van der Waals surface area contributed by atoms with E-state index >= 15 is 0 Å². The number of rotatable bonds is 4. The van der Waals surface area contributed by atoms with Crippen LogP contribution < -0.4 is 4.90 Å². The van der Waals surface area contributed by atoms with Crippen molar-refractivity contribution in [1.29, 1.82) is 0 Å². The molecule has 0 aliphatic carbocycles. The summed E-state index contributed by atoms with van der Waals surface area (Å²) in [5.74, 6) is 0.610. The number of anilines is 3. The number of furan rings is 1. The molecule has 35 heavy (non-hydrogen) atoms. The molecule has 0 aliphatic rings. The highest BCUT2D eigenvalue weighted by atomic mass is 16.3. The van der Waals surface area contributed by atoms with E-state index in [1.807, 2.05) is 48.5 Å². The van der Waals surface area contributed by atoms with Gasteiger partial charge in [-0.15, -0.1) is 0 Å². The summed E-state index contributed by atoms with van der Waals surface area (Å²) in [5.41, 5.74) is 7.45. The zero-order valence-corrected chi connectivity index (χ0v) is 18.8. The molecule has 2 aromatic heterocycles. The fraction of sp³-hybridized carbons (Fsp3) is 0. The van der Waals surface area contributed by atoms with Gasteiger partial charge in [-0.25, -0.2) is 4.98 Å². The molecule has 0 radical (unpaired) electrons. The van der Waals surface area contributed by atoms with E-state index in [9.17, 15) is 0 Å². The Morgan fingerprint density at radius 2 is 1.20 bits per heavy atom. The number of fused-ring (bicyclic) bond motifs is 4. The van der Waals surface area contributed by atoms with Crippen LogP contribution in [-0.2, 0) is 0 Å². The molecule has 7 aromatic rings. The second-order valence-corrected chi connectivity index (χ2v) is 8.49. The summed E-state index contributed by atoms with van der Waals surface area (Å²) in [6.45, 7) is 0. The zero-order valence-electron chi connectivity index (χ0n) is 18.8. The molecule has 4 heteroatoms. The lowest BCUT2D eigenvalue weighted by atomic mass is 10.1. The molecule has 0 spiro atoms. The Labute approximate surface area is 201 Å². The minimum absolute atomic E-state index is 0.610. The fourth-order valence-electron chi connectivity index (χ4n) is 4.64. The molecule has 0 bridgehead atoms. The van der Waals surface area contributed by atoms with Gasteiger partial charge >= 0.3 is 0 Å². The maximum atomic E-state index is 6.29. The van der Waals surface area contributed by atoms with Crippen LogP contribution in [0.3, 0.4) is 0 Å². The highest BCUT2D eigenvalue weighted by Crippen LogP contribution is 2.39. The average Bonchev–Trinajstić information content (AvgIpc) is 3.51. The summed E-state index contributed by atoms with van der Waals surface area (Å²) >= 11 is 0. The van der Waals surface area contributed by atoms with Gasteiger partial charge in [-0.1, -0.05) is 48.5 Å². The third-order valence-corrected chi connectivity index (χ3v) is 6.28. The topological polar surface area (TPSA) is 42.4 Å². The van der Waals surface area contributed by atoms with Crippen molar-refractivity contribution in [1.82, 2.24) is 4.98 Å². The first-order valence-electron chi connectivity index (χ1n) is 11.6. The van der Waals surface area contributed by atoms with Gasteiger partial charge in [-0.05, 0) is 66.7 Å². The number of benzene rings is 5. The molecule has 0 N–H and O–H groups in total. The molecule has 0 aliphatic heterocycles. The summed E-state index contributed by atoms with van der Waals surface area (Å²) < 4.78 is 12.3. The van der Waals surface area contributed by atoms with Crippen LogP contribution in [0.4, 0.5) is 17.1 Å². The van der Waals surface area contributed by atoms with Crippen LogP contribution in [-0.4, -0.2) is 4.98 Å². The SMILES string of the molecule is c1ccc(N(c2ccccc2)c2ccc3c(c2)oc2ccc(-c4nc5ccccc5o4)cc23)cc1. The van der Waals surface area contributed by atoms with Crippen molar-refractivity contribution < 1.29 is 8.83 Å². The summed E-state index contributed by atoms with van der Waals surface area (Å²) in [6, 6.07) is 41.0. The van der Waals surface area contributed by atoms with Crippen molar-refractivity contribution in [2.75, 3.05) is 4.90 Å². The maximum absolute atomic E-state index is 6.29. The van der Waals surface area contributed by atoms with Crippen LogP contribution in [0.1, 0.15) is 0 Å². The van der Waals surface area contributed by atoms with E-state index in [1.165, 1.54) is 0 Å². The molecule has 0 amide bonds. The van der Waals surface area contributed by atoms with E-state index < -0.39 is 0 Å². The summed E-state index contributed by atoms with van der Waals surface area (Å²) in [5, 5.41) is 2.10. The van der Waals surface area contributed by atoms with Gasteiger partial charge in [0.25, 0.3) is 0 Å². The van der Waals surface area contributed by atoms with Crippen molar-refractivity contribution in [2.24, 2.45) is 0 Å². The van der Waals surface area contributed by atoms with Crippen LogP contribution in [0.15, 0.2) is 130 Å². The van der Waals surface area contributed by atoms with Crippen molar-refractivity contribution in [3.05, 3.63) is 121 Å². The molecule has 4 nitrogen and oxygen atoms in total. The highest BCUT2D eigenvalue weighted by molar-refractivity contribution is 6.07. The molecule has 2 heterocycles. The van der Waals surface area contributed by atoms with Gasteiger partial charge in [0.2, 0.25) is 5.89 Å². The Morgan fingerprint density at radius 1 is 0.486 bits per heavy atom. The van der Waals surface area contributed by atoms with Gasteiger partial charge in [-0.2, -0.15) is 0 Å². The van der Waals surface area contributed by atoms with E-state index in [1.54, 1.807) is 0 Å². The molecule has 166 valence electrons. The number of aromatic nitrogens is 1. The van der Waals surface area contributed by atoms with Crippen LogP contribution in [0.2, 0.25) is 0 Å². The minimum Gasteiger partial charge on any atom is -0.456 e. The van der Waals surface area contributed by atoms with Gasteiger partial charge in [-0.3, -0.25) is 0 Å². The normalized spacial score (nSPS) is 11.4. The van der Waals surface area contributed by atoms with E-state index in [-0.39, 0.29) is 0 Å². The van der Waals surface area contributed by atoms with Crippen LogP contribution >= 0.6 is 0 Å². The van der Waals surface area contributed by atoms with E-state index in [2.05, 4.69) is 82.7 Å². The Kier molecular flexibility index (Phi) is 4.42. The predicted molar refractivity (Wildman–Crippen MR) is 141 cm³/mol. The van der Waals surface area contributed by atoms with Crippen molar-refractivity contribution in [3.8, 4) is 11.5 Å². The molecule has 7 rings (SSSR count). The lowest BCUT2D eigenvalue weighted by Crippen LogP contribution is -2.09. The minimum atomic E-state index is 0.610. The van der Waals surface area contributed by atoms with Gasteiger partial charge < -0.3 is 13.7 Å². The van der Waals surface area contributed by atoms with Gasteiger partial charge in [0.05, 0.1) is 0 Å². The van der Waals surface area contributed by atoms with E-state index in [0.717, 1.165) is 55.7 Å². The first-order valence-corrected chi connectivity index (χ1v) is 11.6. The molecule has 0 saturated heterocycles. The third-order valence-electron chi connectivity index (χ3n) is 6.28. The third kappa shape index (κ3) is 3.35. The molecular weight excluding hydrogens is 432 g/mol. The molecule has 5 aromatic carbocycles. The quantitative estimate of drug-likeness (QED) is 0.267. The van der Waals surface area contributed by atoms with Gasteiger partial charge in [0, 0.05) is 39.5 Å². The van der Waals surface area contributed by atoms with Crippen molar-refractivity contribution in [3.63, 3.8) is 0 Å². The first-order chi connectivity index (χ1) is 17.3. The summed E-state index contributed by atoms with van der Waals surface area (Å²) in [4.78, 5) is 6.89. The van der Waals surface area contributed by atoms with E-state index in [4.69, 9.17) is 8.83 Å². The van der Waals surface area contributed by atoms with Crippen LogP contribution in [0.5, 0.6) is 0 Å². The lowest BCUT2D eigenvalue weighted by Gasteiger charge is -2.25. The fourth-order valence-corrected chi connectivity index (χ4v) is 4.64. The summed E-state index contributed by atoms with van der Waals surface area (Å²) in [7, 11) is 0. The molecule has 0 atom stereocenters. The number of hydrogen-bond donors (Lipinski definition) is 0. The highest BCUT2D eigenvalue weighted by Gasteiger charge is 2.16. The Morgan fingerprint density at radius 3 is 1.94 bits per heavy atom. The molecule has 0 unspecified atom stereocenters. The van der Waals surface area contributed by atoms with Crippen molar-refractivity contribution in [2.45, 2.75) is 0 Å². The van der Waals surface area contributed by atoms with Gasteiger partial charge in [0.15, 0.2) is 5.58 Å². The van der Waals surface area contributed by atoms with Crippen molar-refractivity contribution >= 4 is 50.1 Å². The monoisotopic (exact) mass is 452 g/mol. The smallest absolute Gasteiger partial charge is 0.227 e. The number of hydrogen-bond acceptors (Lipinski definition) is 4. The second kappa shape index (κ2) is 7.89. The first kappa shape index (κ1) is 19.6. The Bertz CT molecular complexity index is 1730. The average molecular weight is 453 g/mol. The largest absolute Gasteiger partial charge is 0.456 e. The Hall–Kier alpha value is -4.83. The second-order valence-electron chi connectivity index (χ2n) is 8.49. The number of oxazole rings is 1. The zero-order chi connectivity index (χ0) is 23.2.